The second kappa shape index (κ2) is 13.3. The first-order chi connectivity index (χ1) is 17.7. The van der Waals surface area contributed by atoms with Crippen molar-refractivity contribution in [2.24, 2.45) is 0 Å². The number of hydrogen-bond acceptors (Lipinski definition) is 9. The number of anilines is 1. The number of ether oxygens (including phenoxy) is 5. The normalized spacial score (nSPS) is 15.3. The van der Waals surface area contributed by atoms with Crippen LogP contribution in [0.1, 0.15) is 26.3 Å². The number of fused-ring (bicyclic) bond motifs is 1. The predicted molar refractivity (Wildman–Crippen MR) is 128 cm³/mol. The van der Waals surface area contributed by atoms with Gasteiger partial charge in [0, 0.05) is 29.4 Å². The zero-order chi connectivity index (χ0) is 28.7. The van der Waals surface area contributed by atoms with Crippen molar-refractivity contribution in [1.29, 1.82) is 0 Å². The van der Waals surface area contributed by atoms with E-state index in [1.54, 1.807) is 20.8 Å². The van der Waals surface area contributed by atoms with Crippen molar-refractivity contribution in [3.63, 3.8) is 0 Å². The van der Waals surface area contributed by atoms with Crippen LogP contribution in [0.15, 0.2) is 11.0 Å². The summed E-state index contributed by atoms with van der Waals surface area (Å²) in [5.74, 6) is -5.10. The van der Waals surface area contributed by atoms with Crippen molar-refractivity contribution in [2.75, 3.05) is 51.4 Å². The molecule has 1 N–H and O–H groups in total. The highest BCUT2D eigenvalue weighted by Gasteiger charge is 2.46. The van der Waals surface area contributed by atoms with Crippen molar-refractivity contribution >= 4 is 35.4 Å². The summed E-state index contributed by atoms with van der Waals surface area (Å²) in [5, 5.41) is 2.60. The minimum atomic E-state index is -5.45. The lowest BCUT2D eigenvalue weighted by molar-refractivity contribution is -0.171. The van der Waals surface area contributed by atoms with Crippen molar-refractivity contribution in [1.82, 2.24) is 5.32 Å². The average Bonchev–Trinajstić information content (AvgIpc) is 2.81. The first kappa shape index (κ1) is 31.4. The minimum absolute atomic E-state index is 0.0688. The Bertz CT molecular complexity index is 1020. The number of benzene rings is 1. The molecule has 0 saturated heterocycles. The third-order valence-corrected chi connectivity index (χ3v) is 6.12. The molecule has 1 aliphatic rings. The second-order valence-corrected chi connectivity index (χ2v) is 10.1. The molecule has 0 fully saturated rings. The van der Waals surface area contributed by atoms with E-state index in [9.17, 15) is 27.6 Å². The van der Waals surface area contributed by atoms with E-state index in [1.807, 2.05) is 0 Å². The molecule has 0 spiro atoms. The van der Waals surface area contributed by atoms with Crippen LogP contribution in [0.2, 0.25) is 0 Å². The monoisotopic (exact) mass is 570 g/mol. The lowest BCUT2D eigenvalue weighted by atomic mass is 10.0. The molecule has 0 aliphatic carbocycles. The van der Waals surface area contributed by atoms with E-state index in [0.717, 1.165) is 18.9 Å². The quantitative estimate of drug-likeness (QED) is 0.196. The van der Waals surface area contributed by atoms with E-state index in [-0.39, 0.29) is 30.1 Å². The number of nitrogens with zero attached hydrogens (tertiary/aromatic N) is 1. The molecule has 1 atom stereocenters. The van der Waals surface area contributed by atoms with Crippen LogP contribution in [0.4, 0.5) is 28.0 Å². The summed E-state index contributed by atoms with van der Waals surface area (Å²) < 4.78 is 81.4. The summed E-state index contributed by atoms with van der Waals surface area (Å²) in [4.78, 5) is 36.6. The number of carbonyl (C=O) groups excluding carboxylic acids is 3. The van der Waals surface area contributed by atoms with Crippen LogP contribution in [-0.4, -0.2) is 82.3 Å². The zero-order valence-electron chi connectivity index (χ0n) is 21.5. The molecule has 38 heavy (non-hydrogen) atoms. The molecule has 0 bridgehead atoms. The first-order valence-electron chi connectivity index (χ1n) is 11.3. The van der Waals surface area contributed by atoms with E-state index in [4.69, 9.17) is 18.9 Å². The van der Waals surface area contributed by atoms with Gasteiger partial charge in [-0.25, -0.2) is 9.18 Å². The summed E-state index contributed by atoms with van der Waals surface area (Å²) in [6.45, 7) is 3.51. The fourth-order valence-corrected chi connectivity index (χ4v) is 4.40. The third-order valence-electron chi connectivity index (χ3n) is 4.88. The predicted octanol–water partition coefficient (Wildman–Crippen LogP) is 3.43. The molecule has 0 radical (unpaired) electrons. The van der Waals surface area contributed by atoms with E-state index in [1.165, 1.54) is 13.2 Å². The van der Waals surface area contributed by atoms with Gasteiger partial charge in [-0.3, -0.25) is 14.5 Å². The smallest absolute Gasteiger partial charge is 0.468 e. The topological polar surface area (TPSA) is 113 Å². The standard InChI is InChI=1S/C23H30F4N2O8S/c1-22(2,3)37-21(32)28-13-8-14-16(38-11-13)9-15(36-12-35-7-6-33-4)19(18(14)24)29(10-17(30)34-5)20(31)23(25,26)27/h9,13H,6-8,10-12H2,1-5H3,(H,28,32)/t13-/m0/s1. The van der Waals surface area contributed by atoms with Crippen LogP contribution < -0.4 is 15.0 Å². The van der Waals surface area contributed by atoms with Gasteiger partial charge in [-0.05, 0) is 33.3 Å². The highest BCUT2D eigenvalue weighted by atomic mass is 32.2. The van der Waals surface area contributed by atoms with E-state index >= 15 is 4.39 Å². The maximum absolute atomic E-state index is 16.0. The maximum atomic E-state index is 16.0. The van der Waals surface area contributed by atoms with E-state index in [2.05, 4.69) is 10.1 Å². The van der Waals surface area contributed by atoms with Gasteiger partial charge in [0.2, 0.25) is 0 Å². The first-order valence-corrected chi connectivity index (χ1v) is 12.3. The van der Waals surface area contributed by atoms with E-state index < -0.39 is 66.4 Å². The van der Waals surface area contributed by atoms with Crippen LogP contribution in [-0.2, 0) is 35.0 Å². The third kappa shape index (κ3) is 8.91. The van der Waals surface area contributed by atoms with Crippen molar-refractivity contribution in [2.45, 2.75) is 49.9 Å². The molecular formula is C23H30F4N2O8S. The average molecular weight is 571 g/mol. The summed E-state index contributed by atoms with van der Waals surface area (Å²) >= 11 is 1.12. The lowest BCUT2D eigenvalue weighted by Gasteiger charge is -2.31. The Kier molecular flexibility index (Phi) is 11.0. The fourth-order valence-electron chi connectivity index (χ4n) is 3.28. The number of carbonyl (C=O) groups is 3. The molecule has 1 aliphatic heterocycles. The van der Waals surface area contributed by atoms with Gasteiger partial charge < -0.3 is 29.0 Å². The fraction of sp³-hybridized carbons (Fsp3) is 0.609. The number of hydrogen-bond donors (Lipinski definition) is 1. The summed E-state index contributed by atoms with van der Waals surface area (Å²) in [7, 11) is 2.34. The van der Waals surface area contributed by atoms with Gasteiger partial charge in [0.05, 0.1) is 20.3 Å². The van der Waals surface area contributed by atoms with Crippen molar-refractivity contribution in [3.05, 3.63) is 17.4 Å². The highest BCUT2D eigenvalue weighted by molar-refractivity contribution is 7.99. The number of rotatable bonds is 10. The Labute approximate surface area is 221 Å². The molecule has 1 aromatic carbocycles. The zero-order valence-corrected chi connectivity index (χ0v) is 22.3. The van der Waals surface area contributed by atoms with Gasteiger partial charge in [-0.1, -0.05) is 0 Å². The number of esters is 1. The summed E-state index contributed by atoms with van der Waals surface area (Å²) in [5.41, 5.74) is -1.77. The van der Waals surface area contributed by atoms with Crippen LogP contribution in [0, 0.1) is 5.82 Å². The number of alkyl carbamates (subject to hydrolysis) is 1. The largest absolute Gasteiger partial charge is 0.471 e. The number of amides is 2. The van der Waals surface area contributed by atoms with Crippen molar-refractivity contribution in [3.8, 4) is 5.75 Å². The van der Waals surface area contributed by atoms with Crippen LogP contribution in [0.25, 0.3) is 0 Å². The minimum Gasteiger partial charge on any atom is -0.468 e. The van der Waals surface area contributed by atoms with Gasteiger partial charge in [0.25, 0.3) is 0 Å². The molecule has 0 saturated carbocycles. The maximum Gasteiger partial charge on any atom is 0.471 e. The Balaban J connectivity index is 2.50. The highest BCUT2D eigenvalue weighted by Crippen LogP contribution is 2.43. The number of halogens is 4. The van der Waals surface area contributed by atoms with Gasteiger partial charge in [0.15, 0.2) is 12.6 Å². The summed E-state index contributed by atoms with van der Waals surface area (Å²) in [6.07, 6.45) is -6.32. The SMILES string of the molecule is COCCOCOc1cc2c(c(F)c1N(CC(=O)OC)C(=O)C(F)(F)F)C[C@H](NC(=O)OC(C)(C)C)CS2. The van der Waals surface area contributed by atoms with E-state index in [0.29, 0.717) is 10.6 Å². The number of methoxy groups -OCH3 is 2. The molecule has 2 rings (SSSR count). The Morgan fingerprint density at radius 1 is 1.16 bits per heavy atom. The Morgan fingerprint density at radius 2 is 1.84 bits per heavy atom. The molecule has 214 valence electrons. The van der Waals surface area contributed by atoms with Gasteiger partial charge in [0.1, 0.15) is 23.6 Å². The molecule has 1 aromatic rings. The van der Waals surface area contributed by atoms with Crippen LogP contribution >= 0.6 is 11.8 Å². The Morgan fingerprint density at radius 3 is 2.42 bits per heavy atom. The second-order valence-electron chi connectivity index (χ2n) is 9.00. The van der Waals surface area contributed by atoms with Gasteiger partial charge >= 0.3 is 24.1 Å². The van der Waals surface area contributed by atoms with Gasteiger partial charge in [-0.15, -0.1) is 11.8 Å². The molecule has 0 aromatic heterocycles. The van der Waals surface area contributed by atoms with Crippen LogP contribution in [0.3, 0.4) is 0 Å². The number of nitrogens with one attached hydrogen (secondary N) is 1. The molecule has 2 amide bonds. The molecule has 15 heteroatoms. The number of alkyl halides is 3. The summed E-state index contributed by atoms with van der Waals surface area (Å²) in [6, 6.07) is 0.622. The van der Waals surface area contributed by atoms with Gasteiger partial charge in [-0.2, -0.15) is 13.2 Å². The Hall–Kier alpha value is -2.78. The number of thioether (sulfide) groups is 1. The molecule has 1 heterocycles. The molecule has 10 nitrogen and oxygen atoms in total. The lowest BCUT2D eigenvalue weighted by Crippen LogP contribution is -2.45. The molecule has 0 unspecified atom stereocenters. The molecular weight excluding hydrogens is 540 g/mol. The van der Waals surface area contributed by atoms with Crippen molar-refractivity contribution < 1.29 is 55.6 Å². The van der Waals surface area contributed by atoms with Crippen LogP contribution in [0.5, 0.6) is 5.75 Å².